The van der Waals surface area contributed by atoms with Crippen LogP contribution in [0.1, 0.15) is 19.8 Å². The van der Waals surface area contributed by atoms with Gasteiger partial charge >= 0.3 is 0 Å². The highest BCUT2D eigenvalue weighted by Crippen LogP contribution is 2.17. The summed E-state index contributed by atoms with van der Waals surface area (Å²) in [5.41, 5.74) is 0. The van der Waals surface area contributed by atoms with Crippen molar-refractivity contribution >= 4 is 11.9 Å². The molecule has 0 spiro atoms. The van der Waals surface area contributed by atoms with Crippen molar-refractivity contribution in [2.24, 2.45) is 10.9 Å². The molecular weight excluding hydrogens is 363 g/mol. The average Bonchev–Trinajstić information content (AvgIpc) is 3.20. The summed E-state index contributed by atoms with van der Waals surface area (Å²) < 4.78 is 25.0. The zero-order chi connectivity index (χ0) is 20.4. The molecule has 1 aromatic rings. The van der Waals surface area contributed by atoms with E-state index in [0.29, 0.717) is 31.4 Å². The molecule has 2 rings (SSSR count). The number of nitrogens with zero attached hydrogens (tertiary/aromatic N) is 2. The van der Waals surface area contributed by atoms with E-state index in [1.165, 1.54) is 11.0 Å². The Morgan fingerprint density at radius 1 is 1.39 bits per heavy atom. The first-order chi connectivity index (χ1) is 13.5. The molecule has 0 aliphatic carbocycles. The third kappa shape index (κ3) is 7.34. The summed E-state index contributed by atoms with van der Waals surface area (Å²) in [7, 11) is 3.40. The van der Waals surface area contributed by atoms with E-state index in [4.69, 9.17) is 9.47 Å². The Hall–Kier alpha value is -2.35. The third-order valence-corrected chi connectivity index (χ3v) is 4.54. The van der Waals surface area contributed by atoms with Crippen LogP contribution in [0.3, 0.4) is 0 Å². The van der Waals surface area contributed by atoms with Crippen molar-refractivity contribution in [2.45, 2.75) is 25.9 Å². The van der Waals surface area contributed by atoms with Gasteiger partial charge in [0, 0.05) is 33.2 Å². The average molecular weight is 394 g/mol. The predicted octanol–water partition coefficient (Wildman–Crippen LogP) is 1.64. The standard InChI is InChI=1S/C20H31FN4O3/c1-4-16(28-18-8-6-5-7-17(18)21)12-23-20(24-13-19(26)25(2)3)22-11-15-9-10-27-14-15/h5-8,15-16H,4,9-14H2,1-3H3,(H2,22,23,24). The first-order valence-electron chi connectivity index (χ1n) is 9.70. The van der Waals surface area contributed by atoms with Crippen LogP contribution in [-0.4, -0.2) is 69.8 Å². The van der Waals surface area contributed by atoms with Gasteiger partial charge in [0.2, 0.25) is 5.91 Å². The van der Waals surface area contributed by atoms with Gasteiger partial charge < -0.3 is 25.0 Å². The minimum atomic E-state index is -0.384. The number of likely N-dealkylation sites (N-methyl/N-ethyl adjacent to an activating group) is 1. The molecule has 0 aromatic heterocycles. The number of rotatable bonds is 9. The van der Waals surface area contributed by atoms with Gasteiger partial charge in [-0.25, -0.2) is 9.38 Å². The maximum absolute atomic E-state index is 13.8. The second-order valence-corrected chi connectivity index (χ2v) is 7.02. The van der Waals surface area contributed by atoms with Crippen LogP contribution >= 0.6 is 0 Å². The summed E-state index contributed by atoms with van der Waals surface area (Å²) in [6.45, 7) is 4.68. The van der Waals surface area contributed by atoms with Gasteiger partial charge in [0.1, 0.15) is 12.6 Å². The molecule has 2 atom stereocenters. The summed E-state index contributed by atoms with van der Waals surface area (Å²) in [5, 5.41) is 6.48. The first-order valence-corrected chi connectivity index (χ1v) is 9.70. The van der Waals surface area contributed by atoms with Crippen LogP contribution in [0.25, 0.3) is 0 Å². The molecule has 2 unspecified atom stereocenters. The van der Waals surface area contributed by atoms with Gasteiger partial charge in [-0.1, -0.05) is 19.1 Å². The maximum atomic E-state index is 13.8. The lowest BCUT2D eigenvalue weighted by Crippen LogP contribution is -2.44. The van der Waals surface area contributed by atoms with Crippen molar-refractivity contribution in [1.29, 1.82) is 0 Å². The minimum absolute atomic E-state index is 0.0501. The summed E-state index contributed by atoms with van der Waals surface area (Å²) in [6, 6.07) is 6.36. The van der Waals surface area contributed by atoms with Crippen molar-refractivity contribution < 1.29 is 18.7 Å². The highest BCUT2D eigenvalue weighted by molar-refractivity contribution is 5.84. The number of carbonyl (C=O) groups excluding carboxylic acids is 1. The molecular formula is C20H31FN4O3. The van der Waals surface area contributed by atoms with Gasteiger partial charge in [-0.15, -0.1) is 0 Å². The van der Waals surface area contributed by atoms with Crippen molar-refractivity contribution in [3.05, 3.63) is 30.1 Å². The summed E-state index contributed by atoms with van der Waals surface area (Å²) in [6.07, 6.45) is 1.47. The third-order valence-electron chi connectivity index (χ3n) is 4.54. The van der Waals surface area contributed by atoms with Gasteiger partial charge in [0.25, 0.3) is 0 Å². The molecule has 1 saturated heterocycles. The highest BCUT2D eigenvalue weighted by Gasteiger charge is 2.17. The van der Waals surface area contributed by atoms with Crippen LogP contribution in [0.15, 0.2) is 29.3 Å². The Morgan fingerprint density at radius 2 is 2.18 bits per heavy atom. The lowest BCUT2D eigenvalue weighted by molar-refractivity contribution is -0.127. The van der Waals surface area contributed by atoms with Gasteiger partial charge in [-0.3, -0.25) is 4.79 Å². The van der Waals surface area contributed by atoms with Crippen LogP contribution in [0, 0.1) is 11.7 Å². The second kappa shape index (κ2) is 11.5. The predicted molar refractivity (Wildman–Crippen MR) is 107 cm³/mol. The molecule has 2 N–H and O–H groups in total. The summed E-state index contributed by atoms with van der Waals surface area (Å²) >= 11 is 0. The van der Waals surface area contributed by atoms with Crippen molar-refractivity contribution in [3.8, 4) is 5.75 Å². The van der Waals surface area contributed by atoms with Gasteiger partial charge in [0.05, 0.1) is 13.2 Å². The Kier molecular flexibility index (Phi) is 9.00. The fraction of sp³-hybridized carbons (Fsp3) is 0.600. The second-order valence-electron chi connectivity index (χ2n) is 7.02. The molecule has 1 amide bonds. The van der Waals surface area contributed by atoms with Gasteiger partial charge in [0.15, 0.2) is 17.5 Å². The lowest BCUT2D eigenvalue weighted by atomic mass is 10.1. The molecule has 0 radical (unpaired) electrons. The van der Waals surface area contributed by atoms with Crippen LogP contribution in [0.2, 0.25) is 0 Å². The smallest absolute Gasteiger partial charge is 0.243 e. The Bertz CT molecular complexity index is 648. The topological polar surface area (TPSA) is 75.2 Å². The number of para-hydroxylation sites is 1. The molecule has 0 bridgehead atoms. The van der Waals surface area contributed by atoms with Crippen molar-refractivity contribution in [1.82, 2.24) is 15.5 Å². The number of amides is 1. The van der Waals surface area contributed by atoms with Gasteiger partial charge in [-0.2, -0.15) is 0 Å². The molecule has 8 heteroatoms. The van der Waals surface area contributed by atoms with E-state index < -0.39 is 0 Å². The van der Waals surface area contributed by atoms with E-state index in [1.807, 2.05) is 6.92 Å². The molecule has 7 nitrogen and oxygen atoms in total. The molecule has 1 aliphatic heterocycles. The quantitative estimate of drug-likeness (QED) is 0.492. The number of guanidine groups is 1. The number of carbonyl (C=O) groups is 1. The van der Waals surface area contributed by atoms with Crippen molar-refractivity contribution in [3.63, 3.8) is 0 Å². The number of nitrogens with one attached hydrogen (secondary N) is 2. The fourth-order valence-corrected chi connectivity index (χ4v) is 2.65. The lowest BCUT2D eigenvalue weighted by Gasteiger charge is -2.21. The SMILES string of the molecule is CCC(CNC(=NCC(=O)N(C)C)NCC1CCOC1)Oc1ccccc1F. The molecule has 1 aromatic carbocycles. The van der Waals surface area contributed by atoms with E-state index in [2.05, 4.69) is 15.6 Å². The van der Waals surface area contributed by atoms with E-state index in [0.717, 1.165) is 19.6 Å². The Balaban J connectivity index is 1.93. The van der Waals surface area contributed by atoms with E-state index >= 15 is 0 Å². The van der Waals surface area contributed by atoms with Crippen LogP contribution in [-0.2, 0) is 9.53 Å². The molecule has 1 aliphatic rings. The number of aliphatic imine (C=N–C) groups is 1. The Morgan fingerprint density at radius 3 is 2.82 bits per heavy atom. The van der Waals surface area contributed by atoms with E-state index in [1.54, 1.807) is 32.3 Å². The number of halogens is 1. The number of ether oxygens (including phenoxy) is 2. The van der Waals surface area contributed by atoms with Gasteiger partial charge in [-0.05, 0) is 25.0 Å². The number of hydrogen-bond donors (Lipinski definition) is 2. The van der Waals surface area contributed by atoms with Crippen LogP contribution in [0.4, 0.5) is 4.39 Å². The molecule has 28 heavy (non-hydrogen) atoms. The van der Waals surface area contributed by atoms with Crippen molar-refractivity contribution in [2.75, 3.05) is 46.9 Å². The normalized spacial score (nSPS) is 17.9. The molecule has 1 heterocycles. The highest BCUT2D eigenvalue weighted by atomic mass is 19.1. The molecule has 156 valence electrons. The Labute approximate surface area is 166 Å². The summed E-state index contributed by atoms with van der Waals surface area (Å²) in [5.74, 6) is 0.727. The monoisotopic (exact) mass is 394 g/mol. The largest absolute Gasteiger partial charge is 0.486 e. The first kappa shape index (κ1) is 21.9. The molecule has 0 saturated carbocycles. The number of hydrogen-bond acceptors (Lipinski definition) is 4. The van der Waals surface area contributed by atoms with E-state index in [9.17, 15) is 9.18 Å². The zero-order valence-corrected chi connectivity index (χ0v) is 16.9. The minimum Gasteiger partial charge on any atom is -0.486 e. The van der Waals surface area contributed by atoms with Crippen LogP contribution in [0.5, 0.6) is 5.75 Å². The maximum Gasteiger partial charge on any atom is 0.243 e. The molecule has 1 fully saturated rings. The van der Waals surface area contributed by atoms with E-state index in [-0.39, 0.29) is 30.1 Å². The zero-order valence-electron chi connectivity index (χ0n) is 16.9. The van der Waals surface area contributed by atoms with Crippen LogP contribution < -0.4 is 15.4 Å². The fourth-order valence-electron chi connectivity index (χ4n) is 2.65. The number of benzene rings is 1. The summed E-state index contributed by atoms with van der Waals surface area (Å²) in [4.78, 5) is 17.7.